The van der Waals surface area contributed by atoms with Crippen molar-refractivity contribution in [2.24, 2.45) is 10.1 Å². The number of aliphatic imine (C=N–C) groups is 1. The van der Waals surface area contributed by atoms with E-state index in [-0.39, 0.29) is 5.91 Å². The predicted molar refractivity (Wildman–Crippen MR) is 95.5 cm³/mol. The van der Waals surface area contributed by atoms with Crippen LogP contribution in [0.5, 0.6) is 0 Å². The van der Waals surface area contributed by atoms with E-state index in [2.05, 4.69) is 20.8 Å². The molecule has 1 aromatic carbocycles. The van der Waals surface area contributed by atoms with Crippen molar-refractivity contribution in [3.63, 3.8) is 0 Å². The van der Waals surface area contributed by atoms with Crippen LogP contribution in [0.15, 0.2) is 34.4 Å². The standard InChI is InChI=1S/C16H19ClN6O2/c1-3-8-23-12-13(22(2)16(25)20-14(12)24)19-15(23)21-18-9-10-4-6-11(17)7-5-10/h4-7,9,12-13H,3,8H2,1-2H3,(H,19,21)(H,20,24,25)/b18-9+. The van der Waals surface area contributed by atoms with Gasteiger partial charge in [0.15, 0.2) is 12.2 Å². The molecule has 1 saturated heterocycles. The lowest BCUT2D eigenvalue weighted by Gasteiger charge is -2.35. The number of likely N-dealkylation sites (N-methyl/N-ethyl adjacent to an activating group) is 1. The summed E-state index contributed by atoms with van der Waals surface area (Å²) in [5.41, 5.74) is 3.76. The van der Waals surface area contributed by atoms with Gasteiger partial charge in [0.25, 0.3) is 5.91 Å². The molecule has 9 heteroatoms. The zero-order valence-electron chi connectivity index (χ0n) is 13.9. The molecule has 1 fully saturated rings. The Morgan fingerprint density at radius 3 is 2.76 bits per heavy atom. The van der Waals surface area contributed by atoms with Crippen molar-refractivity contribution >= 4 is 35.7 Å². The van der Waals surface area contributed by atoms with Crippen LogP contribution in [0.3, 0.4) is 0 Å². The van der Waals surface area contributed by atoms with Crippen molar-refractivity contribution in [3.05, 3.63) is 34.9 Å². The van der Waals surface area contributed by atoms with Gasteiger partial charge >= 0.3 is 6.03 Å². The van der Waals surface area contributed by atoms with Crippen molar-refractivity contribution in [1.82, 2.24) is 20.5 Å². The summed E-state index contributed by atoms with van der Waals surface area (Å²) in [6.07, 6.45) is 1.91. The third-order valence-electron chi connectivity index (χ3n) is 4.07. The monoisotopic (exact) mass is 362 g/mol. The number of halogens is 1. The zero-order valence-corrected chi connectivity index (χ0v) is 14.7. The third-order valence-corrected chi connectivity index (χ3v) is 4.33. The molecule has 3 amide bonds. The Bertz CT molecular complexity index is 733. The molecule has 0 saturated carbocycles. The fourth-order valence-corrected chi connectivity index (χ4v) is 2.94. The van der Waals surface area contributed by atoms with E-state index >= 15 is 0 Å². The van der Waals surface area contributed by atoms with Crippen molar-refractivity contribution in [2.75, 3.05) is 13.6 Å². The number of hydrogen-bond donors (Lipinski definition) is 2. The number of benzene rings is 1. The average Bonchev–Trinajstić information content (AvgIpc) is 2.94. The normalized spacial score (nSPS) is 22.9. The largest absolute Gasteiger partial charge is 0.326 e. The molecule has 2 unspecified atom stereocenters. The molecule has 2 atom stereocenters. The Morgan fingerprint density at radius 1 is 1.36 bits per heavy atom. The summed E-state index contributed by atoms with van der Waals surface area (Å²) in [6, 6.07) is 6.24. The maximum Gasteiger partial charge on any atom is 0.325 e. The van der Waals surface area contributed by atoms with Gasteiger partial charge in [0.05, 0.1) is 6.21 Å². The molecule has 132 valence electrons. The van der Waals surface area contributed by atoms with Gasteiger partial charge in [-0.15, -0.1) is 0 Å². The number of carbonyl (C=O) groups is 2. The van der Waals surface area contributed by atoms with E-state index in [1.165, 1.54) is 4.90 Å². The van der Waals surface area contributed by atoms with E-state index in [1.807, 2.05) is 24.0 Å². The second kappa shape index (κ2) is 7.10. The number of nitrogens with zero attached hydrogens (tertiary/aromatic N) is 4. The van der Waals surface area contributed by atoms with Gasteiger partial charge in [0.1, 0.15) is 0 Å². The molecule has 0 spiro atoms. The van der Waals surface area contributed by atoms with E-state index in [0.29, 0.717) is 17.5 Å². The fourth-order valence-electron chi connectivity index (χ4n) is 2.82. The predicted octanol–water partition coefficient (Wildman–Crippen LogP) is 1.22. The number of carbonyl (C=O) groups excluding carboxylic acids is 2. The van der Waals surface area contributed by atoms with E-state index < -0.39 is 18.2 Å². The van der Waals surface area contributed by atoms with Gasteiger partial charge in [-0.1, -0.05) is 30.7 Å². The number of hydrazone groups is 1. The van der Waals surface area contributed by atoms with Crippen LogP contribution >= 0.6 is 11.6 Å². The molecule has 2 N–H and O–H groups in total. The number of rotatable bonds is 4. The molecule has 0 radical (unpaired) electrons. The summed E-state index contributed by atoms with van der Waals surface area (Å²) in [7, 11) is 1.62. The van der Waals surface area contributed by atoms with Crippen LogP contribution in [0.4, 0.5) is 4.79 Å². The molecular formula is C16H19ClN6O2. The highest BCUT2D eigenvalue weighted by atomic mass is 35.5. The SMILES string of the molecule is CCCN1C(N/N=C/c2ccc(Cl)cc2)=NC2C1C(=O)NC(=O)N2C. The van der Waals surface area contributed by atoms with Gasteiger partial charge in [-0.25, -0.2) is 15.2 Å². The van der Waals surface area contributed by atoms with E-state index in [1.54, 1.807) is 25.4 Å². The lowest BCUT2D eigenvalue weighted by Crippen LogP contribution is -2.64. The minimum Gasteiger partial charge on any atom is -0.326 e. The smallest absolute Gasteiger partial charge is 0.325 e. The van der Waals surface area contributed by atoms with Gasteiger partial charge < -0.3 is 9.80 Å². The maximum absolute atomic E-state index is 12.2. The Morgan fingerprint density at radius 2 is 2.08 bits per heavy atom. The molecule has 2 aliphatic heterocycles. The fraction of sp³-hybridized carbons (Fsp3) is 0.375. The van der Waals surface area contributed by atoms with E-state index in [0.717, 1.165) is 12.0 Å². The summed E-state index contributed by atoms with van der Waals surface area (Å²) in [4.78, 5) is 31.8. The molecule has 8 nitrogen and oxygen atoms in total. The highest BCUT2D eigenvalue weighted by Gasteiger charge is 2.48. The lowest BCUT2D eigenvalue weighted by atomic mass is 10.1. The highest BCUT2D eigenvalue weighted by molar-refractivity contribution is 6.30. The molecule has 1 aromatic rings. The topological polar surface area (TPSA) is 89.4 Å². The summed E-state index contributed by atoms with van der Waals surface area (Å²) >= 11 is 5.86. The Hall–Kier alpha value is -2.61. The van der Waals surface area contributed by atoms with Crippen LogP contribution < -0.4 is 10.7 Å². The first-order chi connectivity index (χ1) is 12.0. The molecule has 3 rings (SSSR count). The first-order valence-electron chi connectivity index (χ1n) is 7.98. The second-order valence-corrected chi connectivity index (χ2v) is 6.27. The van der Waals surface area contributed by atoms with Crippen LogP contribution in [-0.4, -0.2) is 59.7 Å². The number of amides is 3. The minimum absolute atomic E-state index is 0.344. The number of guanidine groups is 1. The second-order valence-electron chi connectivity index (χ2n) is 5.83. The highest BCUT2D eigenvalue weighted by Crippen LogP contribution is 2.23. The minimum atomic E-state index is -0.555. The molecule has 2 heterocycles. The molecule has 25 heavy (non-hydrogen) atoms. The van der Waals surface area contributed by atoms with Gasteiger partial charge in [0.2, 0.25) is 5.96 Å². The Kier molecular flexibility index (Phi) is 4.89. The van der Waals surface area contributed by atoms with Gasteiger partial charge in [-0.3, -0.25) is 10.1 Å². The van der Waals surface area contributed by atoms with Crippen LogP contribution in [0.25, 0.3) is 0 Å². The number of fused-ring (bicyclic) bond motifs is 1. The number of hydrogen-bond acceptors (Lipinski definition) is 6. The first kappa shape index (κ1) is 17.2. The average molecular weight is 363 g/mol. The quantitative estimate of drug-likeness (QED) is 0.622. The van der Waals surface area contributed by atoms with Gasteiger partial charge in [-0.05, 0) is 24.1 Å². The molecule has 0 aliphatic carbocycles. The summed E-state index contributed by atoms with van der Waals surface area (Å²) in [6.45, 7) is 2.64. The summed E-state index contributed by atoms with van der Waals surface area (Å²) in [5.74, 6) is 0.127. The Balaban J connectivity index is 1.77. The maximum atomic E-state index is 12.2. The molecular weight excluding hydrogens is 344 g/mol. The van der Waals surface area contributed by atoms with Crippen molar-refractivity contribution in [1.29, 1.82) is 0 Å². The number of urea groups is 1. The van der Waals surface area contributed by atoms with Crippen molar-refractivity contribution in [3.8, 4) is 0 Å². The molecule has 0 bridgehead atoms. The van der Waals surface area contributed by atoms with E-state index in [4.69, 9.17) is 11.6 Å². The van der Waals surface area contributed by atoms with Gasteiger partial charge in [-0.2, -0.15) is 5.10 Å². The molecule has 0 aromatic heterocycles. The number of nitrogens with one attached hydrogen (secondary N) is 2. The van der Waals surface area contributed by atoms with Crippen molar-refractivity contribution in [2.45, 2.75) is 25.6 Å². The van der Waals surface area contributed by atoms with Crippen LogP contribution in [0, 0.1) is 0 Å². The van der Waals surface area contributed by atoms with E-state index in [9.17, 15) is 9.59 Å². The lowest BCUT2D eigenvalue weighted by molar-refractivity contribution is -0.127. The third kappa shape index (κ3) is 3.43. The van der Waals surface area contributed by atoms with Gasteiger partial charge in [0, 0.05) is 18.6 Å². The van der Waals surface area contributed by atoms with Crippen molar-refractivity contribution < 1.29 is 9.59 Å². The van der Waals surface area contributed by atoms with Crippen LogP contribution in [-0.2, 0) is 4.79 Å². The summed E-state index contributed by atoms with van der Waals surface area (Å²) < 4.78 is 0. The summed E-state index contributed by atoms with van der Waals surface area (Å²) in [5, 5.41) is 7.19. The number of imide groups is 1. The first-order valence-corrected chi connectivity index (χ1v) is 8.36. The van der Waals surface area contributed by atoms with Crippen LogP contribution in [0.1, 0.15) is 18.9 Å². The molecule has 2 aliphatic rings. The Labute approximate surface area is 150 Å². The zero-order chi connectivity index (χ0) is 18.0. The van der Waals surface area contributed by atoms with Crippen LogP contribution in [0.2, 0.25) is 5.02 Å².